The molecule has 1 heterocycles. The lowest BCUT2D eigenvalue weighted by atomic mass is 9.93. The van der Waals surface area contributed by atoms with Crippen molar-refractivity contribution >= 4 is 41.5 Å². The van der Waals surface area contributed by atoms with Crippen LogP contribution in [-0.4, -0.2) is 137 Å². The quantitative estimate of drug-likeness (QED) is 0.0511. The summed E-state index contributed by atoms with van der Waals surface area (Å²) in [5.41, 5.74) is 2.06. The number of amides is 7. The minimum atomic E-state index is -1.34. The lowest BCUT2D eigenvalue weighted by molar-refractivity contribution is -0.145. The molecule has 2 aromatic rings. The van der Waals surface area contributed by atoms with E-state index in [1.165, 1.54) is 112 Å². The molecule has 18 nitrogen and oxygen atoms in total. The van der Waals surface area contributed by atoms with Crippen LogP contribution in [0.1, 0.15) is 135 Å². The van der Waals surface area contributed by atoms with Crippen molar-refractivity contribution < 1.29 is 52.5 Å². The number of likely N-dealkylation sites (N-methyl/N-ethyl adjacent to an activating group) is 2. The fraction of sp³-hybridized carbons (Fsp3) is 0.635. The van der Waals surface area contributed by atoms with Crippen LogP contribution in [0, 0.1) is 0 Å². The number of urea groups is 1. The Labute approximate surface area is 415 Å². The molecule has 5 N–H and O–H groups in total. The van der Waals surface area contributed by atoms with Crippen LogP contribution < -0.4 is 36.1 Å². The highest BCUT2D eigenvalue weighted by Crippen LogP contribution is 2.39. The summed E-state index contributed by atoms with van der Waals surface area (Å²) >= 11 is 0. The second-order valence-electron chi connectivity index (χ2n) is 18.0. The maximum atomic E-state index is 14.2. The van der Waals surface area contributed by atoms with E-state index < -0.39 is 78.3 Å². The number of ether oxygens (including phenoxy) is 4. The Bertz CT molecular complexity index is 2020. The molecule has 5 atom stereocenters. The highest BCUT2D eigenvalue weighted by molar-refractivity contribution is 5.96. The Morgan fingerprint density at radius 2 is 1.31 bits per heavy atom. The van der Waals surface area contributed by atoms with E-state index in [0.29, 0.717) is 46.9 Å². The van der Waals surface area contributed by atoms with Gasteiger partial charge >= 0.3 is 12.0 Å². The van der Waals surface area contributed by atoms with Crippen molar-refractivity contribution in [1.29, 1.82) is 0 Å². The van der Waals surface area contributed by atoms with Crippen molar-refractivity contribution in [1.82, 2.24) is 36.4 Å². The Hall–Kier alpha value is -5.91. The molecule has 0 spiro atoms. The number of esters is 1. The van der Waals surface area contributed by atoms with Crippen molar-refractivity contribution in [3.8, 4) is 22.6 Å². The van der Waals surface area contributed by atoms with Gasteiger partial charge in [0, 0.05) is 44.8 Å². The summed E-state index contributed by atoms with van der Waals surface area (Å²) in [6, 6.07) is 3.96. The smallest absolute Gasteiger partial charge is 0.328 e. The topological polar surface area (TPSA) is 223 Å². The molecule has 0 radical (unpaired) electrons. The van der Waals surface area contributed by atoms with Crippen molar-refractivity contribution in [2.45, 2.75) is 154 Å². The first-order valence-corrected chi connectivity index (χ1v) is 25.1. The van der Waals surface area contributed by atoms with Gasteiger partial charge < -0.3 is 55.3 Å². The molecule has 18 heteroatoms. The third-order valence-corrected chi connectivity index (χ3v) is 12.6. The lowest BCUT2D eigenvalue weighted by Gasteiger charge is -2.30. The second-order valence-corrected chi connectivity index (χ2v) is 18.0. The second kappa shape index (κ2) is 31.3. The number of carbonyl (C=O) groups is 7. The molecule has 4 bridgehead atoms. The third kappa shape index (κ3) is 18.4. The average molecular weight is 980 g/mol. The minimum Gasteiger partial charge on any atom is -0.496 e. The van der Waals surface area contributed by atoms with Gasteiger partial charge in [0.2, 0.25) is 29.5 Å². The van der Waals surface area contributed by atoms with E-state index in [-0.39, 0.29) is 13.0 Å². The first kappa shape index (κ1) is 58.4. The molecule has 0 saturated heterocycles. The summed E-state index contributed by atoms with van der Waals surface area (Å²) < 4.78 is 22.2. The van der Waals surface area contributed by atoms with E-state index >= 15 is 0 Å². The maximum Gasteiger partial charge on any atom is 0.328 e. The molecule has 0 aromatic heterocycles. The highest BCUT2D eigenvalue weighted by Gasteiger charge is 2.34. The van der Waals surface area contributed by atoms with E-state index in [9.17, 15) is 33.6 Å². The number of methoxy groups -OCH3 is 3. The number of carbonyl (C=O) groups excluding carboxylic acids is 7. The van der Waals surface area contributed by atoms with Gasteiger partial charge in [-0.1, -0.05) is 103 Å². The van der Waals surface area contributed by atoms with Crippen LogP contribution in [0.5, 0.6) is 11.5 Å². The summed E-state index contributed by atoms with van der Waals surface area (Å²) in [5.74, 6) is -3.22. The van der Waals surface area contributed by atoms with Gasteiger partial charge in [0.05, 0.1) is 34.5 Å². The Morgan fingerprint density at radius 3 is 1.91 bits per heavy atom. The summed E-state index contributed by atoms with van der Waals surface area (Å²) in [6.45, 7) is 7.33. The number of rotatable bonds is 28. The Kier molecular flexibility index (Phi) is 26.2. The van der Waals surface area contributed by atoms with Crippen LogP contribution in [0.4, 0.5) is 4.79 Å². The van der Waals surface area contributed by atoms with Gasteiger partial charge in [-0.3, -0.25) is 24.0 Å². The highest BCUT2D eigenvalue weighted by atomic mass is 16.5. The summed E-state index contributed by atoms with van der Waals surface area (Å²) in [6.07, 6.45) is 16.1. The van der Waals surface area contributed by atoms with Crippen molar-refractivity contribution in [3.05, 3.63) is 47.5 Å². The van der Waals surface area contributed by atoms with E-state index in [2.05, 4.69) is 33.5 Å². The zero-order valence-corrected chi connectivity index (χ0v) is 43.2. The summed E-state index contributed by atoms with van der Waals surface area (Å²) in [5, 5.41) is 13.5. The van der Waals surface area contributed by atoms with Crippen LogP contribution in [0.3, 0.4) is 0 Å². The van der Waals surface area contributed by atoms with Crippen molar-refractivity contribution in [2.24, 2.45) is 0 Å². The molecule has 0 fully saturated rings. The van der Waals surface area contributed by atoms with Gasteiger partial charge in [-0.05, 0) is 62.1 Å². The number of fused-ring (bicyclic) bond motifs is 5. The molecule has 2 aromatic carbocycles. The molecule has 0 aliphatic carbocycles. The molecule has 3 rings (SSSR count). The van der Waals surface area contributed by atoms with Gasteiger partial charge in [0.1, 0.15) is 41.7 Å². The van der Waals surface area contributed by atoms with Crippen LogP contribution in [0.25, 0.3) is 11.1 Å². The van der Waals surface area contributed by atoms with Crippen molar-refractivity contribution in [3.63, 3.8) is 0 Å². The van der Waals surface area contributed by atoms with Gasteiger partial charge in [0.25, 0.3) is 0 Å². The van der Waals surface area contributed by atoms with Gasteiger partial charge in [-0.25, -0.2) is 9.59 Å². The van der Waals surface area contributed by atoms with E-state index in [4.69, 9.17) is 18.9 Å². The summed E-state index contributed by atoms with van der Waals surface area (Å²) in [7, 11) is 7.09. The van der Waals surface area contributed by atoms with Gasteiger partial charge in [-0.2, -0.15) is 0 Å². The number of nitrogens with zero attached hydrogens (tertiary/aromatic N) is 2. The van der Waals surface area contributed by atoms with Gasteiger partial charge in [0.15, 0.2) is 0 Å². The van der Waals surface area contributed by atoms with Crippen LogP contribution in [0.15, 0.2) is 36.4 Å². The molecule has 7 amide bonds. The molecule has 0 unspecified atom stereocenters. The zero-order chi connectivity index (χ0) is 51.6. The predicted molar refractivity (Wildman–Crippen MR) is 268 cm³/mol. The van der Waals surface area contributed by atoms with Crippen LogP contribution in [-0.2, 0) is 44.7 Å². The number of nitrogens with one attached hydrogen (secondary N) is 5. The van der Waals surface area contributed by atoms with E-state index in [1.807, 2.05) is 6.92 Å². The number of benzene rings is 2. The molecule has 1 aliphatic heterocycles. The largest absolute Gasteiger partial charge is 0.496 e. The molecule has 70 heavy (non-hydrogen) atoms. The third-order valence-electron chi connectivity index (χ3n) is 12.6. The van der Waals surface area contributed by atoms with Gasteiger partial charge in [-0.15, -0.1) is 0 Å². The normalized spacial score (nSPS) is 16.6. The average Bonchev–Trinajstić information content (AvgIpc) is 3.35. The molecule has 390 valence electrons. The van der Waals surface area contributed by atoms with Crippen LogP contribution >= 0.6 is 0 Å². The monoisotopic (exact) mass is 980 g/mol. The molecular formula is C52H81N7O11. The zero-order valence-electron chi connectivity index (χ0n) is 43.2. The first-order chi connectivity index (χ1) is 33.6. The maximum absolute atomic E-state index is 14.2. The fourth-order valence-corrected chi connectivity index (χ4v) is 8.17. The number of hydrogen-bond acceptors (Lipinski definition) is 11. The fourth-order valence-electron chi connectivity index (χ4n) is 8.17. The Balaban J connectivity index is 1.71. The van der Waals surface area contributed by atoms with E-state index in [0.717, 1.165) is 37.0 Å². The standard InChI is InChI=1S/C52H81N7O11/c1-10-12-14-15-16-17-18-19-20-21-22-23-28-53-52(66)58(5)42(34-70-29-13-11-2)49(63)55-35(3)47(61)54-33-45(60)59(6)46-38-25-27-44(68-8)40(32-38)39-30-37(24-26-43(39)67-7)31-41(51(65)69-9)57-48(62)36(4)56-50(46)64/h24-27,30,32,35-36,41-42,46H,10-23,28-29,31,33-34H2,1-9H3,(H,53,66)(H,54,61)(H,55,63)(H,56,64)(H,57,62)/t35-,36+,41+,42-,46+/m1/s1. The lowest BCUT2D eigenvalue weighted by Crippen LogP contribution is -2.57. The first-order valence-electron chi connectivity index (χ1n) is 25.1. The number of unbranched alkanes of at least 4 members (excludes halogenated alkanes) is 12. The Morgan fingerprint density at radius 1 is 0.729 bits per heavy atom. The summed E-state index contributed by atoms with van der Waals surface area (Å²) in [4.78, 5) is 97.3. The minimum absolute atomic E-state index is 0.0633. The molecule has 0 saturated carbocycles. The van der Waals surface area contributed by atoms with E-state index in [1.54, 1.807) is 36.4 Å². The number of hydrogen-bond donors (Lipinski definition) is 5. The molecule has 1 aliphatic rings. The molecular weight excluding hydrogens is 899 g/mol. The van der Waals surface area contributed by atoms with Crippen LogP contribution in [0.2, 0.25) is 0 Å². The van der Waals surface area contributed by atoms with Crippen molar-refractivity contribution in [2.75, 3.05) is 61.7 Å². The SMILES string of the molecule is CCCCCCCCCCCCCCNC(=O)N(C)[C@H](COCCCC)C(=O)N[C@H](C)C(=O)NCC(=O)N(C)[C@@H]1C(=O)N[C@@H](C)C(=O)N[C@H](C(=O)OC)Cc2ccc(OC)c(c2)-c2cc1ccc2OC. The predicted octanol–water partition coefficient (Wildman–Crippen LogP) is 5.74.